The summed E-state index contributed by atoms with van der Waals surface area (Å²) in [6.07, 6.45) is 1.78. The lowest BCUT2D eigenvalue weighted by molar-refractivity contribution is -0.113. The fourth-order valence-electron chi connectivity index (χ4n) is 2.72. The van der Waals surface area contributed by atoms with Crippen LogP contribution in [0.2, 0.25) is 0 Å². The van der Waals surface area contributed by atoms with Gasteiger partial charge in [-0.1, -0.05) is 41.7 Å². The van der Waals surface area contributed by atoms with Gasteiger partial charge in [0.15, 0.2) is 15.8 Å². The molecule has 7 heteroatoms. The number of benzene rings is 2. The highest BCUT2D eigenvalue weighted by molar-refractivity contribution is 8.27. The highest BCUT2D eigenvalue weighted by atomic mass is 32.2. The van der Waals surface area contributed by atoms with E-state index in [4.69, 9.17) is 26.4 Å². The zero-order valence-corrected chi connectivity index (χ0v) is 17.1. The van der Waals surface area contributed by atoms with Crippen LogP contribution in [0.15, 0.2) is 41.3 Å². The number of hydrogen-bond donors (Lipinski definition) is 0. The molecule has 2 aromatic rings. The summed E-state index contributed by atoms with van der Waals surface area (Å²) in [4.78, 5) is 15.0. The molecule has 0 spiro atoms. The molecule has 1 aliphatic heterocycles. The molecule has 1 aliphatic rings. The van der Waals surface area contributed by atoms with Crippen molar-refractivity contribution in [3.8, 4) is 17.2 Å². The van der Waals surface area contributed by atoms with Gasteiger partial charge in [-0.15, -0.1) is 0 Å². The van der Waals surface area contributed by atoms with Gasteiger partial charge in [0, 0.05) is 0 Å². The van der Waals surface area contributed by atoms with Gasteiger partial charge in [0.25, 0.3) is 5.91 Å². The molecule has 0 aliphatic carbocycles. The maximum atomic E-state index is 12.9. The summed E-state index contributed by atoms with van der Waals surface area (Å²) >= 11 is 6.69. The summed E-state index contributed by atoms with van der Waals surface area (Å²) in [7, 11) is 4.66. The average molecular weight is 402 g/mol. The van der Waals surface area contributed by atoms with E-state index < -0.39 is 0 Å². The molecule has 5 nitrogen and oxygen atoms in total. The van der Waals surface area contributed by atoms with Crippen molar-refractivity contribution in [1.82, 2.24) is 0 Å². The number of ether oxygens (including phenoxy) is 3. The highest BCUT2D eigenvalue weighted by Gasteiger charge is 2.33. The molecule has 0 N–H and O–H groups in total. The molecule has 0 bridgehead atoms. The molecule has 0 radical (unpaired) electrons. The Balaban J connectivity index is 1.97. The number of amides is 1. The van der Waals surface area contributed by atoms with Crippen LogP contribution in [0.3, 0.4) is 0 Å². The van der Waals surface area contributed by atoms with Crippen molar-refractivity contribution in [1.29, 1.82) is 0 Å². The van der Waals surface area contributed by atoms with Crippen LogP contribution in [0.4, 0.5) is 5.69 Å². The van der Waals surface area contributed by atoms with E-state index in [1.165, 1.54) is 11.8 Å². The third-order valence-corrected chi connectivity index (χ3v) is 5.37. The van der Waals surface area contributed by atoms with Gasteiger partial charge in [0.2, 0.25) is 5.75 Å². The Kier molecular flexibility index (Phi) is 5.72. The summed E-state index contributed by atoms with van der Waals surface area (Å²) in [6.45, 7) is 2.00. The predicted octanol–water partition coefficient (Wildman–Crippen LogP) is 4.43. The Hall–Kier alpha value is -2.51. The molecule has 1 fully saturated rings. The van der Waals surface area contributed by atoms with Crippen LogP contribution in [-0.2, 0) is 4.79 Å². The number of hydrogen-bond acceptors (Lipinski definition) is 6. The topological polar surface area (TPSA) is 48.0 Å². The first-order chi connectivity index (χ1) is 13.0. The van der Waals surface area contributed by atoms with Crippen LogP contribution in [0, 0.1) is 6.92 Å². The Bertz CT molecular complexity index is 897. The summed E-state index contributed by atoms with van der Waals surface area (Å²) in [5.41, 5.74) is 2.64. The zero-order valence-electron chi connectivity index (χ0n) is 15.4. The summed E-state index contributed by atoms with van der Waals surface area (Å²) in [6, 6.07) is 11.3. The van der Waals surface area contributed by atoms with Crippen LogP contribution in [0.5, 0.6) is 17.2 Å². The van der Waals surface area contributed by atoms with Gasteiger partial charge in [-0.25, -0.2) is 0 Å². The van der Waals surface area contributed by atoms with Gasteiger partial charge in [-0.05, 0) is 42.8 Å². The Labute approximate surface area is 167 Å². The molecule has 0 atom stereocenters. The standard InChI is InChI=1S/C20H19NO4S2/c1-12-5-7-14(8-6-12)21-19(22)17(27-20(21)26)11-13-9-15(23-2)18(25-4)16(10-13)24-3/h5-11H,1-4H3/b17-11-. The number of thioether (sulfide) groups is 1. The van der Waals surface area contributed by atoms with E-state index in [1.54, 1.807) is 44.4 Å². The Morgan fingerprint density at radius 1 is 1.00 bits per heavy atom. The van der Waals surface area contributed by atoms with E-state index in [0.717, 1.165) is 16.8 Å². The lowest BCUT2D eigenvalue weighted by atomic mass is 10.1. The fourth-order valence-corrected chi connectivity index (χ4v) is 4.02. The SMILES string of the molecule is COc1cc(/C=C2\SC(=S)N(c3ccc(C)cc3)C2=O)cc(OC)c1OC. The van der Waals surface area contributed by atoms with Crippen molar-refractivity contribution in [3.63, 3.8) is 0 Å². The third-order valence-electron chi connectivity index (χ3n) is 4.07. The zero-order chi connectivity index (χ0) is 19.6. The highest BCUT2D eigenvalue weighted by Crippen LogP contribution is 2.41. The molecule has 1 heterocycles. The van der Waals surface area contributed by atoms with E-state index in [1.807, 2.05) is 31.2 Å². The second kappa shape index (κ2) is 8.02. The van der Waals surface area contributed by atoms with E-state index in [-0.39, 0.29) is 5.91 Å². The molecular weight excluding hydrogens is 382 g/mol. The normalized spacial score (nSPS) is 15.4. The maximum absolute atomic E-state index is 12.9. The number of carbonyl (C=O) groups is 1. The van der Waals surface area contributed by atoms with E-state index in [2.05, 4.69) is 0 Å². The van der Waals surface area contributed by atoms with Gasteiger partial charge in [0.1, 0.15) is 0 Å². The predicted molar refractivity (Wildman–Crippen MR) is 113 cm³/mol. The number of carbonyl (C=O) groups excluding carboxylic acids is 1. The fraction of sp³-hybridized carbons (Fsp3) is 0.200. The van der Waals surface area contributed by atoms with Gasteiger partial charge >= 0.3 is 0 Å². The van der Waals surface area contributed by atoms with E-state index in [0.29, 0.717) is 26.5 Å². The third kappa shape index (κ3) is 3.79. The molecule has 27 heavy (non-hydrogen) atoms. The van der Waals surface area contributed by atoms with Crippen molar-refractivity contribution < 1.29 is 19.0 Å². The number of nitrogens with zero attached hydrogens (tertiary/aromatic N) is 1. The minimum atomic E-state index is -0.150. The van der Waals surface area contributed by atoms with Crippen molar-refractivity contribution in [2.24, 2.45) is 0 Å². The lowest BCUT2D eigenvalue weighted by Crippen LogP contribution is -2.27. The number of methoxy groups -OCH3 is 3. The molecule has 140 valence electrons. The molecule has 1 saturated heterocycles. The summed E-state index contributed by atoms with van der Waals surface area (Å²) in [5.74, 6) is 1.40. The van der Waals surface area contributed by atoms with E-state index in [9.17, 15) is 4.79 Å². The smallest absolute Gasteiger partial charge is 0.270 e. The van der Waals surface area contributed by atoms with Crippen LogP contribution < -0.4 is 19.1 Å². The van der Waals surface area contributed by atoms with Gasteiger partial charge in [0.05, 0.1) is 31.9 Å². The van der Waals surface area contributed by atoms with E-state index >= 15 is 0 Å². The van der Waals surface area contributed by atoms with Crippen LogP contribution in [0.25, 0.3) is 6.08 Å². The summed E-state index contributed by atoms with van der Waals surface area (Å²) < 4.78 is 16.6. The van der Waals surface area contributed by atoms with Crippen LogP contribution in [0.1, 0.15) is 11.1 Å². The first-order valence-electron chi connectivity index (χ1n) is 8.13. The first kappa shape index (κ1) is 19.3. The quantitative estimate of drug-likeness (QED) is 0.546. The number of aryl methyl sites for hydroxylation is 1. The molecule has 0 unspecified atom stereocenters. The Morgan fingerprint density at radius 3 is 2.11 bits per heavy atom. The monoisotopic (exact) mass is 401 g/mol. The molecular formula is C20H19NO4S2. The average Bonchev–Trinajstić information content (AvgIpc) is 2.95. The van der Waals surface area contributed by atoms with Gasteiger partial charge in [-0.3, -0.25) is 9.69 Å². The van der Waals surface area contributed by atoms with Crippen LogP contribution in [-0.4, -0.2) is 31.6 Å². The number of thiocarbonyl (C=S) groups is 1. The minimum Gasteiger partial charge on any atom is -0.493 e. The van der Waals surface area contributed by atoms with Crippen molar-refractivity contribution in [3.05, 3.63) is 52.4 Å². The summed E-state index contributed by atoms with van der Waals surface area (Å²) in [5, 5.41) is 0. The van der Waals surface area contributed by atoms with Crippen molar-refractivity contribution in [2.75, 3.05) is 26.2 Å². The minimum absolute atomic E-state index is 0.150. The van der Waals surface area contributed by atoms with Gasteiger partial charge < -0.3 is 14.2 Å². The number of anilines is 1. The van der Waals surface area contributed by atoms with Crippen LogP contribution >= 0.6 is 24.0 Å². The van der Waals surface area contributed by atoms with Crippen molar-refractivity contribution in [2.45, 2.75) is 6.92 Å². The molecule has 3 rings (SSSR count). The molecule has 1 amide bonds. The number of rotatable bonds is 5. The first-order valence-corrected chi connectivity index (χ1v) is 9.35. The largest absolute Gasteiger partial charge is 0.493 e. The van der Waals surface area contributed by atoms with Crippen molar-refractivity contribution >= 4 is 46.0 Å². The second-order valence-corrected chi connectivity index (χ2v) is 7.49. The molecule has 0 saturated carbocycles. The molecule has 2 aromatic carbocycles. The maximum Gasteiger partial charge on any atom is 0.270 e. The van der Waals surface area contributed by atoms with Gasteiger partial charge in [-0.2, -0.15) is 0 Å². The Morgan fingerprint density at radius 2 is 1.59 bits per heavy atom. The second-order valence-electron chi connectivity index (χ2n) is 5.81. The molecule has 0 aromatic heterocycles. The lowest BCUT2D eigenvalue weighted by Gasteiger charge is -2.14.